The summed E-state index contributed by atoms with van der Waals surface area (Å²) in [5.41, 5.74) is 2.81. The molecule has 0 spiro atoms. The fourth-order valence-corrected chi connectivity index (χ4v) is 3.79. The van der Waals surface area contributed by atoms with Crippen LogP contribution in [0, 0.1) is 0 Å². The second kappa shape index (κ2) is 9.65. The van der Waals surface area contributed by atoms with Gasteiger partial charge in [-0.3, -0.25) is 4.79 Å². The molecule has 0 saturated heterocycles. The lowest BCUT2D eigenvalue weighted by molar-refractivity contribution is -0.135. The standard InChI is InChI=1S/C28H26O5/c1-18(21-7-8-23-16-27(32-2)12-9-22(23)15-21)28(31)33-26-10-5-19(6-11-26)3-4-20-13-24(29)17-25(30)14-20/h5-18,29-30H,3-4H2,1-2H3. The van der Waals surface area contributed by atoms with Crippen molar-refractivity contribution in [3.63, 3.8) is 0 Å². The number of benzene rings is 4. The van der Waals surface area contributed by atoms with E-state index < -0.39 is 5.92 Å². The Morgan fingerprint density at radius 2 is 1.36 bits per heavy atom. The molecule has 0 aliphatic heterocycles. The first kappa shape index (κ1) is 22.2. The molecule has 2 N–H and O–H groups in total. The van der Waals surface area contributed by atoms with E-state index in [0.717, 1.165) is 39.6 Å². The fraction of sp³-hybridized carbons (Fsp3) is 0.179. The first-order chi connectivity index (χ1) is 15.9. The summed E-state index contributed by atoms with van der Waals surface area (Å²) in [5, 5.41) is 21.3. The van der Waals surface area contributed by atoms with E-state index in [9.17, 15) is 15.0 Å². The van der Waals surface area contributed by atoms with Gasteiger partial charge in [0.15, 0.2) is 0 Å². The highest BCUT2D eigenvalue weighted by atomic mass is 16.5. The van der Waals surface area contributed by atoms with Gasteiger partial charge in [0.1, 0.15) is 23.0 Å². The minimum absolute atomic E-state index is 0.0486. The predicted octanol–water partition coefficient (Wildman–Crippen LogP) is 5.75. The van der Waals surface area contributed by atoms with Crippen molar-refractivity contribution in [3.8, 4) is 23.0 Å². The van der Waals surface area contributed by atoms with Gasteiger partial charge in [-0.1, -0.05) is 36.4 Å². The van der Waals surface area contributed by atoms with Gasteiger partial charge in [-0.2, -0.15) is 0 Å². The number of hydrogen-bond acceptors (Lipinski definition) is 5. The van der Waals surface area contributed by atoms with Gasteiger partial charge in [0.05, 0.1) is 13.0 Å². The summed E-state index contributed by atoms with van der Waals surface area (Å²) in [6.45, 7) is 1.84. The second-order valence-corrected chi connectivity index (χ2v) is 8.12. The van der Waals surface area contributed by atoms with E-state index in [2.05, 4.69) is 0 Å². The number of ether oxygens (including phenoxy) is 2. The number of aryl methyl sites for hydroxylation is 2. The molecule has 4 aromatic rings. The lowest BCUT2D eigenvalue weighted by atomic mass is 9.98. The average Bonchev–Trinajstić information content (AvgIpc) is 2.81. The molecule has 5 nitrogen and oxygen atoms in total. The van der Waals surface area contributed by atoms with E-state index in [0.29, 0.717) is 12.2 Å². The molecular formula is C28H26O5. The smallest absolute Gasteiger partial charge is 0.318 e. The molecule has 0 saturated carbocycles. The Morgan fingerprint density at radius 1 is 0.758 bits per heavy atom. The number of fused-ring (bicyclic) bond motifs is 1. The molecule has 0 radical (unpaired) electrons. The molecule has 33 heavy (non-hydrogen) atoms. The van der Waals surface area contributed by atoms with Gasteiger partial charge in [-0.25, -0.2) is 0 Å². The number of carbonyl (C=O) groups excluding carboxylic acids is 1. The molecule has 0 aliphatic carbocycles. The number of methoxy groups -OCH3 is 1. The maximum absolute atomic E-state index is 12.7. The molecule has 4 rings (SSSR count). The SMILES string of the molecule is COc1ccc2cc(C(C)C(=O)Oc3ccc(CCc4cc(O)cc(O)c4)cc3)ccc2c1. The molecule has 1 atom stereocenters. The van der Waals surface area contributed by atoms with Crippen LogP contribution in [-0.4, -0.2) is 23.3 Å². The quantitative estimate of drug-likeness (QED) is 0.281. The van der Waals surface area contributed by atoms with Crippen LogP contribution in [0.25, 0.3) is 10.8 Å². The minimum atomic E-state index is -0.408. The van der Waals surface area contributed by atoms with E-state index in [-0.39, 0.29) is 17.5 Å². The molecule has 168 valence electrons. The number of esters is 1. The Labute approximate surface area is 192 Å². The maximum atomic E-state index is 12.7. The highest BCUT2D eigenvalue weighted by Gasteiger charge is 2.18. The number of phenolic OH excluding ortho intramolecular Hbond substituents is 2. The topological polar surface area (TPSA) is 76.0 Å². The highest BCUT2D eigenvalue weighted by molar-refractivity contribution is 5.87. The van der Waals surface area contributed by atoms with Crippen LogP contribution < -0.4 is 9.47 Å². The number of rotatable bonds is 7. The minimum Gasteiger partial charge on any atom is -0.508 e. The summed E-state index contributed by atoms with van der Waals surface area (Å²) >= 11 is 0. The predicted molar refractivity (Wildman–Crippen MR) is 128 cm³/mol. The summed E-state index contributed by atoms with van der Waals surface area (Å²) in [6, 6.07) is 23.8. The fourth-order valence-electron chi connectivity index (χ4n) is 3.79. The summed E-state index contributed by atoms with van der Waals surface area (Å²) < 4.78 is 10.9. The van der Waals surface area contributed by atoms with Crippen molar-refractivity contribution in [2.75, 3.05) is 7.11 Å². The van der Waals surface area contributed by atoms with Crippen LogP contribution in [0.4, 0.5) is 0 Å². The Bertz CT molecular complexity index is 1260. The van der Waals surface area contributed by atoms with Crippen LogP contribution in [0.2, 0.25) is 0 Å². The summed E-state index contributed by atoms with van der Waals surface area (Å²) in [5.74, 6) is 0.669. The van der Waals surface area contributed by atoms with Crippen LogP contribution in [0.1, 0.15) is 29.5 Å². The number of carbonyl (C=O) groups is 1. The van der Waals surface area contributed by atoms with Gasteiger partial charge >= 0.3 is 5.97 Å². The number of phenols is 2. The summed E-state index contributed by atoms with van der Waals surface area (Å²) in [4.78, 5) is 12.7. The first-order valence-corrected chi connectivity index (χ1v) is 10.8. The molecule has 0 heterocycles. The second-order valence-electron chi connectivity index (χ2n) is 8.12. The van der Waals surface area contributed by atoms with Gasteiger partial charge in [0, 0.05) is 6.07 Å². The van der Waals surface area contributed by atoms with Crippen molar-refractivity contribution in [2.45, 2.75) is 25.7 Å². The van der Waals surface area contributed by atoms with Crippen LogP contribution >= 0.6 is 0 Å². The molecular weight excluding hydrogens is 416 g/mol. The van der Waals surface area contributed by atoms with Crippen molar-refractivity contribution in [1.29, 1.82) is 0 Å². The van der Waals surface area contributed by atoms with Crippen molar-refractivity contribution in [2.24, 2.45) is 0 Å². The molecule has 0 fully saturated rings. The lowest BCUT2D eigenvalue weighted by Gasteiger charge is -2.13. The lowest BCUT2D eigenvalue weighted by Crippen LogP contribution is -2.16. The Hall–Kier alpha value is -3.99. The van der Waals surface area contributed by atoms with E-state index in [1.54, 1.807) is 31.4 Å². The Morgan fingerprint density at radius 3 is 2.06 bits per heavy atom. The van der Waals surface area contributed by atoms with E-state index >= 15 is 0 Å². The normalized spacial score (nSPS) is 11.8. The number of hydrogen-bond donors (Lipinski definition) is 2. The Balaban J connectivity index is 1.38. The molecule has 0 amide bonds. The van der Waals surface area contributed by atoms with Gasteiger partial charge < -0.3 is 19.7 Å². The van der Waals surface area contributed by atoms with E-state index in [4.69, 9.17) is 9.47 Å². The van der Waals surface area contributed by atoms with Gasteiger partial charge in [0.25, 0.3) is 0 Å². The van der Waals surface area contributed by atoms with E-state index in [1.165, 1.54) is 6.07 Å². The largest absolute Gasteiger partial charge is 0.508 e. The zero-order valence-electron chi connectivity index (χ0n) is 18.6. The zero-order valence-corrected chi connectivity index (χ0v) is 18.6. The van der Waals surface area contributed by atoms with Gasteiger partial charge in [-0.05, 0) is 83.6 Å². The maximum Gasteiger partial charge on any atom is 0.318 e. The monoisotopic (exact) mass is 442 g/mol. The van der Waals surface area contributed by atoms with Crippen molar-refractivity contribution in [3.05, 3.63) is 95.6 Å². The van der Waals surface area contributed by atoms with Crippen LogP contribution in [0.3, 0.4) is 0 Å². The first-order valence-electron chi connectivity index (χ1n) is 10.8. The zero-order chi connectivity index (χ0) is 23.4. The summed E-state index contributed by atoms with van der Waals surface area (Å²) in [7, 11) is 1.64. The third-order valence-electron chi connectivity index (χ3n) is 5.73. The number of aromatic hydroxyl groups is 2. The third kappa shape index (κ3) is 5.44. The highest BCUT2D eigenvalue weighted by Crippen LogP contribution is 2.27. The summed E-state index contributed by atoms with van der Waals surface area (Å²) in [6.07, 6.45) is 1.40. The molecule has 0 aromatic heterocycles. The molecule has 1 unspecified atom stereocenters. The van der Waals surface area contributed by atoms with Crippen molar-refractivity contribution in [1.82, 2.24) is 0 Å². The molecule has 0 bridgehead atoms. The molecule has 5 heteroatoms. The van der Waals surface area contributed by atoms with Crippen molar-refractivity contribution >= 4 is 16.7 Å². The van der Waals surface area contributed by atoms with Crippen LogP contribution in [0.15, 0.2) is 78.9 Å². The average molecular weight is 443 g/mol. The Kier molecular flexibility index (Phi) is 6.50. The third-order valence-corrected chi connectivity index (χ3v) is 5.73. The van der Waals surface area contributed by atoms with Crippen LogP contribution in [0.5, 0.6) is 23.0 Å². The van der Waals surface area contributed by atoms with Gasteiger partial charge in [-0.15, -0.1) is 0 Å². The van der Waals surface area contributed by atoms with Crippen LogP contribution in [-0.2, 0) is 17.6 Å². The molecule has 4 aromatic carbocycles. The molecule has 0 aliphatic rings. The van der Waals surface area contributed by atoms with Gasteiger partial charge in [0.2, 0.25) is 0 Å². The van der Waals surface area contributed by atoms with Crippen molar-refractivity contribution < 1.29 is 24.5 Å². The van der Waals surface area contributed by atoms with E-state index in [1.807, 2.05) is 55.5 Å².